The van der Waals surface area contributed by atoms with Gasteiger partial charge in [0.1, 0.15) is 5.00 Å². The minimum Gasteiger partial charge on any atom is -0.389 e. The van der Waals surface area contributed by atoms with Crippen LogP contribution in [-0.2, 0) is 4.79 Å². The van der Waals surface area contributed by atoms with E-state index in [1.54, 1.807) is 0 Å². The first-order valence-electron chi connectivity index (χ1n) is 2.79. The first kappa shape index (κ1) is 7.08. The van der Waals surface area contributed by atoms with Crippen molar-refractivity contribution in [2.24, 2.45) is 0 Å². The molecule has 0 bridgehead atoms. The van der Waals surface area contributed by atoms with Gasteiger partial charge in [0.2, 0.25) is 6.41 Å². The van der Waals surface area contributed by atoms with Gasteiger partial charge in [-0.3, -0.25) is 4.79 Å². The lowest BCUT2D eigenvalue weighted by Gasteiger charge is -1.96. The summed E-state index contributed by atoms with van der Waals surface area (Å²) in [6.07, 6.45) is 0.630. The summed E-state index contributed by atoms with van der Waals surface area (Å²) in [5.74, 6) is 0. The van der Waals surface area contributed by atoms with Gasteiger partial charge >= 0.3 is 0 Å². The molecular weight excluding hydrogens is 148 g/mol. The third-order valence-corrected chi connectivity index (χ3v) is 2.14. The van der Waals surface area contributed by atoms with E-state index in [1.807, 2.05) is 12.3 Å². The normalized spacial score (nSPS) is 9.30. The van der Waals surface area contributed by atoms with E-state index >= 15 is 0 Å². The maximum Gasteiger partial charge on any atom is 0.211 e. The molecule has 0 atom stereocenters. The van der Waals surface area contributed by atoms with E-state index in [9.17, 15) is 4.79 Å². The molecule has 0 aromatic carbocycles. The van der Waals surface area contributed by atoms with Gasteiger partial charge in [-0.1, -0.05) is 0 Å². The number of thiophene rings is 1. The van der Waals surface area contributed by atoms with Crippen molar-refractivity contribution in [3.05, 3.63) is 10.9 Å². The Hall–Kier alpha value is -1.03. The molecule has 1 aromatic rings. The summed E-state index contributed by atoms with van der Waals surface area (Å²) < 4.78 is 0. The molecule has 0 aliphatic heterocycles. The molecule has 1 heterocycles. The van der Waals surface area contributed by atoms with Crippen LogP contribution in [0.4, 0.5) is 10.7 Å². The number of hydrogen-bond acceptors (Lipinski definition) is 3. The van der Waals surface area contributed by atoms with Crippen LogP contribution in [0.25, 0.3) is 0 Å². The molecule has 0 spiro atoms. The number of rotatable bonds is 2. The second-order valence-electron chi connectivity index (χ2n) is 1.92. The summed E-state index contributed by atoms with van der Waals surface area (Å²) in [4.78, 5) is 10.0. The Balaban J connectivity index is 2.97. The lowest BCUT2D eigenvalue weighted by molar-refractivity contribution is -0.105. The van der Waals surface area contributed by atoms with Crippen LogP contribution in [0.2, 0.25) is 0 Å². The highest BCUT2D eigenvalue weighted by Crippen LogP contribution is 2.28. The van der Waals surface area contributed by atoms with Crippen LogP contribution in [-0.4, -0.2) is 6.41 Å². The highest BCUT2D eigenvalue weighted by atomic mass is 32.1. The zero-order valence-corrected chi connectivity index (χ0v) is 6.37. The van der Waals surface area contributed by atoms with Gasteiger partial charge in [0.05, 0.1) is 5.69 Å². The molecule has 4 heteroatoms. The molecule has 54 valence electrons. The van der Waals surface area contributed by atoms with E-state index in [0.717, 1.165) is 11.3 Å². The second kappa shape index (κ2) is 2.70. The minimum atomic E-state index is 0.630. The lowest BCUT2D eigenvalue weighted by Crippen LogP contribution is -1.96. The summed E-state index contributed by atoms with van der Waals surface area (Å²) in [5, 5.41) is 5.09. The molecular formula is C6H8N2OS. The van der Waals surface area contributed by atoms with Crippen molar-refractivity contribution >= 4 is 28.4 Å². The fraction of sp³-hybridized carbons (Fsp3) is 0.167. The van der Waals surface area contributed by atoms with Gasteiger partial charge in [0, 0.05) is 0 Å². The fourth-order valence-electron chi connectivity index (χ4n) is 0.708. The molecule has 0 unspecified atom stereocenters. The predicted molar refractivity (Wildman–Crippen MR) is 43.2 cm³/mol. The van der Waals surface area contributed by atoms with E-state index in [2.05, 4.69) is 5.32 Å². The van der Waals surface area contributed by atoms with Gasteiger partial charge in [-0.25, -0.2) is 0 Å². The second-order valence-corrected chi connectivity index (χ2v) is 2.83. The van der Waals surface area contributed by atoms with Crippen LogP contribution >= 0.6 is 11.3 Å². The van der Waals surface area contributed by atoms with Gasteiger partial charge in [-0.05, 0) is 17.9 Å². The Kier molecular flexibility index (Phi) is 1.91. The van der Waals surface area contributed by atoms with Crippen LogP contribution in [0, 0.1) is 6.92 Å². The molecule has 1 rings (SSSR count). The zero-order valence-electron chi connectivity index (χ0n) is 5.55. The smallest absolute Gasteiger partial charge is 0.211 e. The van der Waals surface area contributed by atoms with Crippen LogP contribution in [0.1, 0.15) is 5.56 Å². The topological polar surface area (TPSA) is 55.1 Å². The third kappa shape index (κ3) is 1.11. The number of carbonyl (C=O) groups excluding carboxylic acids is 1. The molecule has 0 saturated carbocycles. The number of anilines is 2. The minimum absolute atomic E-state index is 0.630. The molecule has 0 aliphatic carbocycles. The fourth-order valence-corrected chi connectivity index (χ4v) is 1.47. The predicted octanol–water partition coefficient (Wildman–Crippen LogP) is 1.21. The van der Waals surface area contributed by atoms with Crippen LogP contribution < -0.4 is 11.1 Å². The Labute approximate surface area is 62.9 Å². The number of aryl methyl sites for hydroxylation is 1. The number of nitrogens with two attached hydrogens (primary N) is 1. The maximum absolute atomic E-state index is 10.0. The van der Waals surface area contributed by atoms with Crippen molar-refractivity contribution in [2.75, 3.05) is 11.1 Å². The van der Waals surface area contributed by atoms with Crippen LogP contribution in [0.5, 0.6) is 0 Å². The molecule has 0 fully saturated rings. The van der Waals surface area contributed by atoms with Gasteiger partial charge in [-0.2, -0.15) is 0 Å². The Morgan fingerprint density at radius 1 is 1.80 bits per heavy atom. The van der Waals surface area contributed by atoms with Gasteiger partial charge in [0.15, 0.2) is 0 Å². The molecule has 0 aliphatic rings. The number of nitrogens with one attached hydrogen (secondary N) is 1. The van der Waals surface area contributed by atoms with Crippen molar-refractivity contribution in [1.29, 1.82) is 0 Å². The standard InChI is InChI=1S/C6H8N2OS/c1-4-2-10-6(7)5(4)8-3-9/h2-3H,7H2,1H3,(H,8,9). The van der Waals surface area contributed by atoms with Gasteiger partial charge < -0.3 is 11.1 Å². The summed E-state index contributed by atoms with van der Waals surface area (Å²) in [6.45, 7) is 1.90. The van der Waals surface area contributed by atoms with Crippen molar-refractivity contribution < 1.29 is 4.79 Å². The van der Waals surface area contributed by atoms with Crippen molar-refractivity contribution in [2.45, 2.75) is 6.92 Å². The van der Waals surface area contributed by atoms with E-state index in [0.29, 0.717) is 11.4 Å². The monoisotopic (exact) mass is 156 g/mol. The van der Waals surface area contributed by atoms with Crippen molar-refractivity contribution in [3.8, 4) is 0 Å². The Morgan fingerprint density at radius 2 is 2.50 bits per heavy atom. The van der Waals surface area contributed by atoms with Crippen LogP contribution in [0.3, 0.4) is 0 Å². The quantitative estimate of drug-likeness (QED) is 0.632. The average molecular weight is 156 g/mol. The molecule has 3 N–H and O–H groups in total. The summed E-state index contributed by atoms with van der Waals surface area (Å²) in [6, 6.07) is 0. The Morgan fingerprint density at radius 3 is 2.90 bits per heavy atom. The average Bonchev–Trinajstić information content (AvgIpc) is 2.20. The summed E-state index contributed by atoms with van der Waals surface area (Å²) in [5.41, 5.74) is 7.27. The number of hydrogen-bond donors (Lipinski definition) is 2. The number of carbonyl (C=O) groups is 1. The molecule has 0 radical (unpaired) electrons. The molecule has 1 aromatic heterocycles. The summed E-state index contributed by atoms with van der Waals surface area (Å²) in [7, 11) is 0. The summed E-state index contributed by atoms with van der Waals surface area (Å²) >= 11 is 1.43. The SMILES string of the molecule is Cc1csc(N)c1NC=O. The zero-order chi connectivity index (χ0) is 7.56. The molecule has 1 amide bonds. The number of nitrogen functional groups attached to an aromatic ring is 1. The van der Waals surface area contributed by atoms with E-state index < -0.39 is 0 Å². The first-order chi connectivity index (χ1) is 4.75. The van der Waals surface area contributed by atoms with E-state index in [4.69, 9.17) is 5.73 Å². The molecule has 10 heavy (non-hydrogen) atoms. The van der Waals surface area contributed by atoms with E-state index in [-0.39, 0.29) is 0 Å². The van der Waals surface area contributed by atoms with Crippen LogP contribution in [0.15, 0.2) is 5.38 Å². The molecule has 0 saturated heterocycles. The maximum atomic E-state index is 10.0. The largest absolute Gasteiger partial charge is 0.389 e. The van der Waals surface area contributed by atoms with E-state index in [1.165, 1.54) is 11.3 Å². The lowest BCUT2D eigenvalue weighted by atomic mass is 10.3. The Bertz CT molecular complexity index is 224. The van der Waals surface area contributed by atoms with Crippen molar-refractivity contribution in [1.82, 2.24) is 0 Å². The number of amides is 1. The highest BCUT2D eigenvalue weighted by molar-refractivity contribution is 7.14. The highest BCUT2D eigenvalue weighted by Gasteiger charge is 2.02. The third-order valence-electron chi connectivity index (χ3n) is 1.21. The van der Waals surface area contributed by atoms with Crippen molar-refractivity contribution in [3.63, 3.8) is 0 Å². The van der Waals surface area contributed by atoms with Gasteiger partial charge in [-0.15, -0.1) is 11.3 Å². The van der Waals surface area contributed by atoms with Gasteiger partial charge in [0.25, 0.3) is 0 Å². The first-order valence-corrected chi connectivity index (χ1v) is 3.67. The molecule has 3 nitrogen and oxygen atoms in total.